The van der Waals surface area contributed by atoms with Crippen LogP contribution in [-0.4, -0.2) is 78.3 Å². The Morgan fingerprint density at radius 3 is 2.39 bits per heavy atom. The van der Waals surface area contributed by atoms with Gasteiger partial charge in [0.25, 0.3) is 11.8 Å². The molecule has 5 rings (SSSR count). The van der Waals surface area contributed by atoms with E-state index >= 15 is 0 Å². The summed E-state index contributed by atoms with van der Waals surface area (Å²) >= 11 is 0. The van der Waals surface area contributed by atoms with Crippen molar-refractivity contribution in [1.82, 2.24) is 20.0 Å². The Bertz CT molecular complexity index is 1350. The number of amides is 5. The van der Waals surface area contributed by atoms with Crippen LogP contribution in [0.3, 0.4) is 0 Å². The maximum atomic E-state index is 13.4. The topological polar surface area (TPSA) is 112 Å². The van der Waals surface area contributed by atoms with E-state index in [1.807, 2.05) is 30.3 Å². The number of hydrogen-bond donors (Lipinski definition) is 1. The molecule has 1 aromatic heterocycles. The van der Waals surface area contributed by atoms with Crippen molar-refractivity contribution < 1.29 is 28.3 Å². The second-order valence-corrected chi connectivity index (χ2v) is 9.02. The van der Waals surface area contributed by atoms with Gasteiger partial charge in [-0.15, -0.1) is 0 Å². The van der Waals surface area contributed by atoms with Gasteiger partial charge in [-0.3, -0.25) is 19.3 Å². The molecule has 0 radical (unpaired) electrons. The second kappa shape index (κ2) is 9.03. The molecule has 2 aliphatic heterocycles. The van der Waals surface area contributed by atoms with Gasteiger partial charge in [-0.1, -0.05) is 18.2 Å². The zero-order valence-corrected chi connectivity index (χ0v) is 20.0. The normalized spacial score (nSPS) is 20.1. The Labute approximate surface area is 207 Å². The van der Waals surface area contributed by atoms with Gasteiger partial charge in [0.1, 0.15) is 17.8 Å². The molecule has 1 atom stereocenters. The highest BCUT2D eigenvalue weighted by Crippen LogP contribution is 2.32. The number of hydrogen-bond acceptors (Lipinski definition) is 6. The fraction of sp³-hybridized carbons (Fsp3) is 0.308. The van der Waals surface area contributed by atoms with Gasteiger partial charge in [-0.25, -0.2) is 4.79 Å². The SMILES string of the molecule is COc1ccc2cc([C@]3(C)NC(=O)N(CC(=O)N4CCN(C(=O)c5ccco5)CC4)C3=O)ccc2c1. The Morgan fingerprint density at radius 1 is 1.00 bits per heavy atom. The maximum Gasteiger partial charge on any atom is 0.325 e. The van der Waals surface area contributed by atoms with E-state index in [9.17, 15) is 19.2 Å². The highest BCUT2D eigenvalue weighted by Gasteiger charge is 2.50. The van der Waals surface area contributed by atoms with Gasteiger partial charge in [0.15, 0.2) is 5.76 Å². The number of fused-ring (bicyclic) bond motifs is 1. The lowest BCUT2D eigenvalue weighted by Gasteiger charge is -2.34. The molecule has 10 nitrogen and oxygen atoms in total. The zero-order valence-electron chi connectivity index (χ0n) is 20.0. The number of methoxy groups -OCH3 is 1. The summed E-state index contributed by atoms with van der Waals surface area (Å²) in [5, 5.41) is 4.59. The van der Waals surface area contributed by atoms with Gasteiger partial charge < -0.3 is 24.3 Å². The van der Waals surface area contributed by atoms with Crippen molar-refractivity contribution in [2.75, 3.05) is 39.8 Å². The smallest absolute Gasteiger partial charge is 0.325 e. The standard InChI is InChI=1S/C26H26N4O6/c1-26(19-7-5-18-15-20(35-2)8-6-17(18)14-19)24(33)30(25(34)27-26)16-22(31)28-9-11-29(12-10-28)23(32)21-4-3-13-36-21/h3-8,13-15H,9-12,16H2,1-2H3,(H,27,34)/t26-/m0/s1. The number of benzene rings is 2. The van der Waals surface area contributed by atoms with Crippen LogP contribution in [0.5, 0.6) is 5.75 Å². The summed E-state index contributed by atoms with van der Waals surface area (Å²) in [6.07, 6.45) is 1.44. The molecule has 2 aliphatic rings. The predicted octanol–water partition coefficient (Wildman–Crippen LogP) is 2.19. The van der Waals surface area contributed by atoms with Crippen molar-refractivity contribution in [3.8, 4) is 5.75 Å². The maximum absolute atomic E-state index is 13.4. The molecule has 1 N–H and O–H groups in total. The second-order valence-electron chi connectivity index (χ2n) is 9.02. The average Bonchev–Trinajstić information content (AvgIpc) is 3.51. The number of furan rings is 1. The molecule has 10 heteroatoms. The van der Waals surface area contributed by atoms with Crippen molar-refractivity contribution in [2.24, 2.45) is 0 Å². The number of nitrogens with one attached hydrogen (secondary N) is 1. The third-order valence-electron chi connectivity index (χ3n) is 6.84. The molecule has 0 spiro atoms. The van der Waals surface area contributed by atoms with Gasteiger partial charge in [0.2, 0.25) is 5.91 Å². The minimum atomic E-state index is -1.29. The first kappa shape index (κ1) is 23.4. The average molecular weight is 491 g/mol. The molecule has 5 amide bonds. The number of nitrogens with zero attached hydrogens (tertiary/aromatic N) is 3. The Balaban J connectivity index is 1.25. The molecule has 3 heterocycles. The summed E-state index contributed by atoms with van der Waals surface area (Å²) in [6.45, 7) is 2.56. The number of rotatable bonds is 5. The number of ether oxygens (including phenoxy) is 1. The first-order chi connectivity index (χ1) is 17.3. The fourth-order valence-electron chi connectivity index (χ4n) is 4.65. The Morgan fingerprint density at radius 2 is 1.69 bits per heavy atom. The molecular weight excluding hydrogens is 464 g/mol. The van der Waals surface area contributed by atoms with Crippen molar-refractivity contribution in [1.29, 1.82) is 0 Å². The molecule has 2 saturated heterocycles. The molecule has 2 aromatic carbocycles. The lowest BCUT2D eigenvalue weighted by Crippen LogP contribution is -2.53. The van der Waals surface area contributed by atoms with Crippen LogP contribution in [-0.2, 0) is 15.1 Å². The molecule has 0 unspecified atom stereocenters. The van der Waals surface area contributed by atoms with E-state index in [4.69, 9.17) is 9.15 Å². The highest BCUT2D eigenvalue weighted by atomic mass is 16.5. The van der Waals surface area contributed by atoms with Gasteiger partial charge in [-0.05, 0) is 53.6 Å². The summed E-state index contributed by atoms with van der Waals surface area (Å²) in [4.78, 5) is 55.6. The summed E-state index contributed by atoms with van der Waals surface area (Å²) in [5.74, 6) is -0.0895. The minimum absolute atomic E-state index is 0.231. The van der Waals surface area contributed by atoms with E-state index in [0.29, 0.717) is 31.7 Å². The first-order valence-corrected chi connectivity index (χ1v) is 11.6. The molecule has 0 aliphatic carbocycles. The van der Waals surface area contributed by atoms with Gasteiger partial charge in [0.05, 0.1) is 13.4 Å². The van der Waals surface area contributed by atoms with Crippen LogP contribution in [0, 0.1) is 0 Å². The van der Waals surface area contributed by atoms with Crippen molar-refractivity contribution in [3.05, 3.63) is 66.1 Å². The predicted molar refractivity (Wildman–Crippen MR) is 129 cm³/mol. The van der Waals surface area contributed by atoms with Crippen LogP contribution in [0.4, 0.5) is 4.79 Å². The van der Waals surface area contributed by atoms with Crippen molar-refractivity contribution in [2.45, 2.75) is 12.5 Å². The first-order valence-electron chi connectivity index (χ1n) is 11.6. The number of urea groups is 1. The van der Waals surface area contributed by atoms with E-state index < -0.39 is 17.5 Å². The zero-order chi connectivity index (χ0) is 25.4. The fourth-order valence-corrected chi connectivity index (χ4v) is 4.65. The lowest BCUT2D eigenvalue weighted by atomic mass is 9.90. The number of carbonyl (C=O) groups is 4. The van der Waals surface area contributed by atoms with Crippen LogP contribution in [0.1, 0.15) is 23.0 Å². The van der Waals surface area contributed by atoms with E-state index in [1.54, 1.807) is 42.0 Å². The van der Waals surface area contributed by atoms with Crippen LogP contribution in [0.2, 0.25) is 0 Å². The Kier molecular flexibility index (Phi) is 5.87. The molecule has 186 valence electrons. The van der Waals surface area contributed by atoms with Crippen LogP contribution in [0.15, 0.2) is 59.2 Å². The molecule has 3 aromatic rings. The molecule has 0 bridgehead atoms. The number of imide groups is 1. The number of piperazine rings is 1. The summed E-state index contributed by atoms with van der Waals surface area (Å²) in [5.41, 5.74) is -0.668. The summed E-state index contributed by atoms with van der Waals surface area (Å²) in [6, 6.07) is 13.8. The molecular formula is C26H26N4O6. The third kappa shape index (κ3) is 4.04. The molecule has 36 heavy (non-hydrogen) atoms. The monoisotopic (exact) mass is 490 g/mol. The third-order valence-corrected chi connectivity index (χ3v) is 6.84. The van der Waals surface area contributed by atoms with Crippen LogP contribution in [0.25, 0.3) is 10.8 Å². The van der Waals surface area contributed by atoms with E-state index in [-0.39, 0.29) is 24.1 Å². The van der Waals surface area contributed by atoms with Gasteiger partial charge in [0, 0.05) is 26.2 Å². The number of carbonyl (C=O) groups excluding carboxylic acids is 4. The van der Waals surface area contributed by atoms with Gasteiger partial charge in [-0.2, -0.15) is 0 Å². The van der Waals surface area contributed by atoms with Crippen LogP contribution >= 0.6 is 0 Å². The van der Waals surface area contributed by atoms with Crippen molar-refractivity contribution in [3.63, 3.8) is 0 Å². The van der Waals surface area contributed by atoms with E-state index in [0.717, 1.165) is 21.4 Å². The van der Waals surface area contributed by atoms with Crippen LogP contribution < -0.4 is 10.1 Å². The van der Waals surface area contributed by atoms with Crippen molar-refractivity contribution >= 4 is 34.5 Å². The Hall–Kier alpha value is -4.34. The molecule has 2 fully saturated rings. The van der Waals surface area contributed by atoms with E-state index in [1.165, 1.54) is 6.26 Å². The minimum Gasteiger partial charge on any atom is -0.497 e. The lowest BCUT2D eigenvalue weighted by molar-refractivity contribution is -0.139. The largest absolute Gasteiger partial charge is 0.497 e. The molecule has 0 saturated carbocycles. The summed E-state index contributed by atoms with van der Waals surface area (Å²) < 4.78 is 10.4. The highest BCUT2D eigenvalue weighted by molar-refractivity contribution is 6.09. The van der Waals surface area contributed by atoms with E-state index in [2.05, 4.69) is 5.32 Å². The van der Waals surface area contributed by atoms with Gasteiger partial charge >= 0.3 is 6.03 Å². The summed E-state index contributed by atoms with van der Waals surface area (Å²) in [7, 11) is 1.60. The quantitative estimate of drug-likeness (QED) is 0.549.